The van der Waals surface area contributed by atoms with E-state index in [1.807, 2.05) is 0 Å². The molecule has 1 amide bonds. The van der Waals surface area contributed by atoms with Crippen LogP contribution in [0.1, 0.15) is 56.2 Å². The lowest BCUT2D eigenvalue weighted by molar-refractivity contribution is 0.102. The van der Waals surface area contributed by atoms with Gasteiger partial charge in [0.15, 0.2) is 5.69 Å². The van der Waals surface area contributed by atoms with E-state index in [9.17, 15) is 13.2 Å². The fourth-order valence-corrected chi connectivity index (χ4v) is 5.20. The minimum Gasteiger partial charge on any atom is -0.492 e. The molecule has 0 unspecified atom stereocenters. The summed E-state index contributed by atoms with van der Waals surface area (Å²) in [5.74, 6) is 0.335. The number of hydrogen-bond acceptors (Lipinski definition) is 5. The number of hydrogen-bond donors (Lipinski definition) is 2. The topological polar surface area (TPSA) is 104 Å². The Bertz CT molecular complexity index is 979. The van der Waals surface area contributed by atoms with Crippen molar-refractivity contribution >= 4 is 21.6 Å². The Morgan fingerprint density at radius 1 is 1.23 bits per heavy atom. The Hall–Kier alpha value is -2.39. The Kier molecular flexibility index (Phi) is 7.14. The van der Waals surface area contributed by atoms with Gasteiger partial charge in [0, 0.05) is 24.5 Å². The monoisotopic (exact) mass is 434 g/mol. The van der Waals surface area contributed by atoms with E-state index >= 15 is 0 Å². The van der Waals surface area contributed by atoms with Gasteiger partial charge in [0.05, 0.1) is 6.61 Å². The number of carbonyl (C=O) groups is 1. The number of amides is 1. The number of carbonyl (C=O) groups excluding carboxylic acids is 1. The molecule has 3 rings (SSSR count). The van der Waals surface area contributed by atoms with Crippen LogP contribution in [0.2, 0.25) is 0 Å². The van der Waals surface area contributed by atoms with Gasteiger partial charge >= 0.3 is 0 Å². The molecule has 0 spiro atoms. The number of nitrogens with one attached hydrogen (secondary N) is 2. The van der Waals surface area contributed by atoms with Crippen molar-refractivity contribution in [3.8, 4) is 5.75 Å². The van der Waals surface area contributed by atoms with E-state index in [2.05, 4.69) is 29.4 Å². The predicted octanol–water partition coefficient (Wildman–Crippen LogP) is 3.43. The first-order valence-electron chi connectivity index (χ1n) is 10.4. The number of aromatic amines is 1. The van der Waals surface area contributed by atoms with Gasteiger partial charge in [0.2, 0.25) is 10.0 Å². The van der Waals surface area contributed by atoms with Gasteiger partial charge in [-0.25, -0.2) is 8.42 Å². The zero-order valence-corrected chi connectivity index (χ0v) is 18.6. The van der Waals surface area contributed by atoms with Crippen molar-refractivity contribution in [2.24, 2.45) is 5.92 Å². The van der Waals surface area contributed by atoms with Crippen LogP contribution < -0.4 is 10.1 Å². The minimum absolute atomic E-state index is 0.0755. The average Bonchev–Trinajstić information content (AvgIpc) is 3.18. The second-order valence-electron chi connectivity index (χ2n) is 7.89. The number of ether oxygens (including phenoxy) is 1. The van der Waals surface area contributed by atoms with Crippen LogP contribution in [-0.4, -0.2) is 48.5 Å². The first kappa shape index (κ1) is 22.3. The van der Waals surface area contributed by atoms with Crippen LogP contribution in [0.5, 0.6) is 5.75 Å². The highest BCUT2D eigenvalue weighted by Crippen LogP contribution is 2.31. The Balaban J connectivity index is 1.84. The molecule has 1 saturated heterocycles. The Morgan fingerprint density at radius 3 is 2.63 bits per heavy atom. The third-order valence-corrected chi connectivity index (χ3v) is 6.85. The molecule has 2 aromatic rings. The fraction of sp³-hybridized carbons (Fsp3) is 0.524. The van der Waals surface area contributed by atoms with Gasteiger partial charge in [-0.1, -0.05) is 20.3 Å². The van der Waals surface area contributed by atoms with Crippen LogP contribution in [0.3, 0.4) is 0 Å². The van der Waals surface area contributed by atoms with Crippen LogP contribution in [0, 0.1) is 5.92 Å². The molecule has 1 fully saturated rings. The number of rotatable bonds is 8. The molecule has 30 heavy (non-hydrogen) atoms. The molecular formula is C21H30N4O4S. The molecular weight excluding hydrogens is 404 g/mol. The standard InChI is InChI=1S/C21H30N4O4S/c1-4-29-19-9-8-16(14-20(19)30(27,28)25-10-6-5-7-11-25)22-21(26)18-13-17(23-24-18)12-15(2)3/h8-9,13-15H,4-7,10-12H2,1-3H3,(H,22,26)(H,23,24). The zero-order chi connectivity index (χ0) is 21.7. The van der Waals surface area contributed by atoms with Gasteiger partial charge in [-0.3, -0.25) is 9.89 Å². The number of sulfonamides is 1. The maximum Gasteiger partial charge on any atom is 0.276 e. The lowest BCUT2D eigenvalue weighted by atomic mass is 10.1. The van der Waals surface area contributed by atoms with Crippen LogP contribution in [0.25, 0.3) is 0 Å². The number of benzene rings is 1. The Labute approximate surface area is 178 Å². The molecule has 2 N–H and O–H groups in total. The molecule has 1 aromatic heterocycles. The molecule has 9 heteroatoms. The summed E-state index contributed by atoms with van der Waals surface area (Å²) in [6.45, 7) is 7.32. The van der Waals surface area contributed by atoms with E-state index in [-0.39, 0.29) is 10.6 Å². The maximum atomic E-state index is 13.2. The second kappa shape index (κ2) is 9.61. The smallest absolute Gasteiger partial charge is 0.276 e. The van der Waals surface area contributed by atoms with Crippen molar-refractivity contribution in [1.29, 1.82) is 0 Å². The van der Waals surface area contributed by atoms with Gasteiger partial charge in [0.25, 0.3) is 5.91 Å². The molecule has 2 heterocycles. The molecule has 1 aliphatic rings. The first-order chi connectivity index (χ1) is 14.3. The normalized spacial score (nSPS) is 15.3. The molecule has 0 atom stereocenters. The number of anilines is 1. The van der Waals surface area contributed by atoms with E-state index in [1.165, 1.54) is 10.4 Å². The number of nitrogens with zero attached hydrogens (tertiary/aromatic N) is 2. The van der Waals surface area contributed by atoms with E-state index in [4.69, 9.17) is 4.74 Å². The quantitative estimate of drug-likeness (QED) is 0.662. The third-order valence-electron chi connectivity index (χ3n) is 4.93. The molecule has 8 nitrogen and oxygen atoms in total. The van der Waals surface area contributed by atoms with E-state index in [0.29, 0.717) is 37.1 Å². The first-order valence-corrected chi connectivity index (χ1v) is 11.9. The van der Waals surface area contributed by atoms with Crippen LogP contribution in [0.4, 0.5) is 5.69 Å². The largest absolute Gasteiger partial charge is 0.492 e. The van der Waals surface area contributed by atoms with Crippen molar-refractivity contribution in [3.63, 3.8) is 0 Å². The summed E-state index contributed by atoms with van der Waals surface area (Å²) in [5.41, 5.74) is 1.53. The van der Waals surface area contributed by atoms with Crippen LogP contribution in [0.15, 0.2) is 29.2 Å². The Morgan fingerprint density at radius 2 is 1.97 bits per heavy atom. The summed E-state index contributed by atoms with van der Waals surface area (Å²) < 4.78 is 33.5. The van der Waals surface area contributed by atoms with Crippen molar-refractivity contribution in [2.75, 3.05) is 25.0 Å². The summed E-state index contributed by atoms with van der Waals surface area (Å²) in [7, 11) is -3.71. The summed E-state index contributed by atoms with van der Waals surface area (Å²) in [5, 5.41) is 9.69. The van der Waals surface area contributed by atoms with E-state index in [0.717, 1.165) is 31.4 Å². The van der Waals surface area contributed by atoms with Gasteiger partial charge in [0.1, 0.15) is 10.6 Å². The average molecular weight is 435 g/mol. The van der Waals surface area contributed by atoms with Gasteiger partial charge in [-0.15, -0.1) is 0 Å². The highest BCUT2D eigenvalue weighted by molar-refractivity contribution is 7.89. The number of piperidine rings is 1. The van der Waals surface area contributed by atoms with Crippen LogP contribution >= 0.6 is 0 Å². The number of aromatic nitrogens is 2. The second-order valence-corrected chi connectivity index (χ2v) is 9.80. The SMILES string of the molecule is CCOc1ccc(NC(=O)c2cc(CC(C)C)[nH]n2)cc1S(=O)(=O)N1CCCCC1. The molecule has 1 aromatic carbocycles. The summed E-state index contributed by atoms with van der Waals surface area (Å²) in [6.07, 6.45) is 3.51. The van der Waals surface area contributed by atoms with Crippen molar-refractivity contribution in [2.45, 2.75) is 51.3 Å². The van der Waals surface area contributed by atoms with Gasteiger partial charge in [-0.2, -0.15) is 9.40 Å². The highest BCUT2D eigenvalue weighted by atomic mass is 32.2. The van der Waals surface area contributed by atoms with E-state index in [1.54, 1.807) is 25.1 Å². The maximum absolute atomic E-state index is 13.2. The highest BCUT2D eigenvalue weighted by Gasteiger charge is 2.29. The van der Waals surface area contributed by atoms with Gasteiger partial charge in [-0.05, 0) is 56.4 Å². The zero-order valence-electron chi connectivity index (χ0n) is 17.8. The van der Waals surface area contributed by atoms with Crippen LogP contribution in [-0.2, 0) is 16.4 Å². The molecule has 0 aliphatic carbocycles. The third kappa shape index (κ3) is 5.20. The van der Waals surface area contributed by atoms with E-state index < -0.39 is 15.9 Å². The van der Waals surface area contributed by atoms with Crippen molar-refractivity contribution in [3.05, 3.63) is 35.7 Å². The minimum atomic E-state index is -3.71. The van der Waals surface area contributed by atoms with Gasteiger partial charge < -0.3 is 10.1 Å². The molecule has 164 valence electrons. The van der Waals surface area contributed by atoms with Crippen molar-refractivity contribution < 1.29 is 17.9 Å². The lowest BCUT2D eigenvalue weighted by Gasteiger charge is -2.27. The summed E-state index contributed by atoms with van der Waals surface area (Å²) in [6, 6.07) is 6.41. The molecule has 0 saturated carbocycles. The lowest BCUT2D eigenvalue weighted by Crippen LogP contribution is -2.35. The summed E-state index contributed by atoms with van der Waals surface area (Å²) in [4.78, 5) is 12.7. The van der Waals surface area contributed by atoms with Crippen molar-refractivity contribution in [1.82, 2.24) is 14.5 Å². The fourth-order valence-electron chi connectivity index (χ4n) is 3.52. The summed E-state index contributed by atoms with van der Waals surface area (Å²) >= 11 is 0. The molecule has 1 aliphatic heterocycles. The predicted molar refractivity (Wildman–Crippen MR) is 115 cm³/mol. The number of H-pyrrole nitrogens is 1. The molecule has 0 radical (unpaired) electrons. The molecule has 0 bridgehead atoms.